The first-order valence-corrected chi connectivity index (χ1v) is 6.00. The van der Waals surface area contributed by atoms with Crippen molar-refractivity contribution in [3.63, 3.8) is 0 Å². The van der Waals surface area contributed by atoms with E-state index in [1.807, 2.05) is 38.4 Å². The third-order valence-electron chi connectivity index (χ3n) is 2.62. The van der Waals surface area contributed by atoms with E-state index in [0.717, 1.165) is 17.6 Å². The number of nitrogens with two attached hydrogens (primary N) is 1. The summed E-state index contributed by atoms with van der Waals surface area (Å²) in [6, 6.07) is 7.98. The van der Waals surface area contributed by atoms with Gasteiger partial charge in [0.25, 0.3) is 0 Å². The van der Waals surface area contributed by atoms with Gasteiger partial charge in [0.05, 0.1) is 11.0 Å². The van der Waals surface area contributed by atoms with Crippen LogP contribution in [0.25, 0.3) is 11.0 Å². The van der Waals surface area contributed by atoms with Crippen LogP contribution in [0.1, 0.15) is 6.92 Å². The first-order chi connectivity index (χ1) is 8.56. The van der Waals surface area contributed by atoms with E-state index in [9.17, 15) is 0 Å². The van der Waals surface area contributed by atoms with E-state index in [2.05, 4.69) is 27.1 Å². The molecule has 0 saturated heterocycles. The number of nitrogens with zero attached hydrogens (tertiary/aromatic N) is 3. The Morgan fingerprint density at radius 2 is 1.83 bits per heavy atom. The molecule has 18 heavy (non-hydrogen) atoms. The number of benzene rings is 1. The standard InChI is InChI=1S/C13H19N5/c1-9(8-18(2)3)15-13-12(14)16-10-6-4-5-7-11(10)17-13/h4-7,9H,8H2,1-3H3,(H2,14,16)(H,15,17). The van der Waals surface area contributed by atoms with Gasteiger partial charge in [-0.15, -0.1) is 0 Å². The van der Waals surface area contributed by atoms with Gasteiger partial charge >= 0.3 is 0 Å². The summed E-state index contributed by atoms with van der Waals surface area (Å²) < 4.78 is 0. The summed E-state index contributed by atoms with van der Waals surface area (Å²) in [5.74, 6) is 1.10. The fraction of sp³-hybridized carbons (Fsp3) is 0.385. The van der Waals surface area contributed by atoms with E-state index in [0.29, 0.717) is 11.6 Å². The maximum absolute atomic E-state index is 5.92. The van der Waals surface area contributed by atoms with Crippen molar-refractivity contribution in [3.8, 4) is 0 Å². The molecule has 3 N–H and O–H groups in total. The van der Waals surface area contributed by atoms with E-state index in [-0.39, 0.29) is 6.04 Å². The number of likely N-dealkylation sites (N-methyl/N-ethyl adjacent to an activating group) is 1. The number of hydrogen-bond acceptors (Lipinski definition) is 5. The van der Waals surface area contributed by atoms with E-state index in [1.165, 1.54) is 0 Å². The van der Waals surface area contributed by atoms with Gasteiger partial charge in [0.2, 0.25) is 0 Å². The van der Waals surface area contributed by atoms with Crippen LogP contribution in [-0.4, -0.2) is 41.5 Å². The molecule has 0 aliphatic carbocycles. The van der Waals surface area contributed by atoms with Gasteiger partial charge in [0.1, 0.15) is 0 Å². The average molecular weight is 245 g/mol. The molecular formula is C13H19N5. The van der Waals surface area contributed by atoms with Crippen LogP contribution < -0.4 is 11.1 Å². The molecule has 1 aromatic heterocycles. The van der Waals surface area contributed by atoms with Crippen LogP contribution in [0, 0.1) is 0 Å². The van der Waals surface area contributed by atoms with Gasteiger partial charge in [-0.05, 0) is 33.2 Å². The highest BCUT2D eigenvalue weighted by Crippen LogP contribution is 2.18. The number of para-hydroxylation sites is 2. The van der Waals surface area contributed by atoms with Crippen LogP contribution in [-0.2, 0) is 0 Å². The van der Waals surface area contributed by atoms with Gasteiger partial charge in [-0.3, -0.25) is 0 Å². The van der Waals surface area contributed by atoms with Crippen LogP contribution >= 0.6 is 0 Å². The summed E-state index contributed by atoms with van der Waals surface area (Å²) in [6.07, 6.45) is 0. The second-order valence-electron chi connectivity index (χ2n) is 4.75. The van der Waals surface area contributed by atoms with Crippen LogP contribution in [0.3, 0.4) is 0 Å². The number of aromatic nitrogens is 2. The molecule has 0 radical (unpaired) electrons. The summed E-state index contributed by atoms with van der Waals surface area (Å²) in [6.45, 7) is 3.00. The van der Waals surface area contributed by atoms with E-state index < -0.39 is 0 Å². The summed E-state index contributed by atoms with van der Waals surface area (Å²) >= 11 is 0. The maximum Gasteiger partial charge on any atom is 0.169 e. The summed E-state index contributed by atoms with van der Waals surface area (Å²) in [7, 11) is 4.07. The fourth-order valence-corrected chi connectivity index (χ4v) is 1.95. The molecule has 2 rings (SSSR count). The number of fused-ring (bicyclic) bond motifs is 1. The Morgan fingerprint density at radius 3 is 2.44 bits per heavy atom. The van der Waals surface area contributed by atoms with Crippen molar-refractivity contribution in [1.82, 2.24) is 14.9 Å². The van der Waals surface area contributed by atoms with Crippen molar-refractivity contribution in [3.05, 3.63) is 24.3 Å². The maximum atomic E-state index is 5.92. The molecule has 5 heteroatoms. The number of nitrogen functional groups attached to an aromatic ring is 1. The Bertz CT molecular complexity index is 538. The van der Waals surface area contributed by atoms with Gasteiger partial charge in [-0.2, -0.15) is 0 Å². The minimum Gasteiger partial charge on any atom is -0.381 e. The predicted octanol–water partition coefficient (Wildman–Crippen LogP) is 1.57. The second kappa shape index (κ2) is 5.18. The highest BCUT2D eigenvalue weighted by molar-refractivity contribution is 5.79. The lowest BCUT2D eigenvalue weighted by atomic mass is 10.3. The van der Waals surface area contributed by atoms with E-state index in [1.54, 1.807) is 0 Å². The highest BCUT2D eigenvalue weighted by atomic mass is 15.1. The first kappa shape index (κ1) is 12.6. The Labute approximate surface area is 107 Å². The molecule has 0 amide bonds. The van der Waals surface area contributed by atoms with Crippen molar-refractivity contribution in [2.45, 2.75) is 13.0 Å². The average Bonchev–Trinajstić information content (AvgIpc) is 2.29. The largest absolute Gasteiger partial charge is 0.381 e. The van der Waals surface area contributed by atoms with Gasteiger partial charge < -0.3 is 16.0 Å². The summed E-state index contributed by atoms with van der Waals surface area (Å²) in [4.78, 5) is 11.0. The molecule has 1 atom stereocenters. The molecule has 0 aliphatic rings. The van der Waals surface area contributed by atoms with Crippen LogP contribution in [0.4, 0.5) is 11.6 Å². The van der Waals surface area contributed by atoms with Crippen molar-refractivity contribution in [2.75, 3.05) is 31.7 Å². The molecule has 0 aliphatic heterocycles. The SMILES string of the molecule is CC(CN(C)C)Nc1nc2ccccc2nc1N. The Morgan fingerprint density at radius 1 is 1.22 bits per heavy atom. The van der Waals surface area contributed by atoms with Gasteiger partial charge in [0.15, 0.2) is 11.6 Å². The molecule has 96 valence electrons. The molecular weight excluding hydrogens is 226 g/mol. The third-order valence-corrected chi connectivity index (χ3v) is 2.62. The lowest BCUT2D eigenvalue weighted by molar-refractivity contribution is 0.392. The lowest BCUT2D eigenvalue weighted by Crippen LogP contribution is -2.30. The van der Waals surface area contributed by atoms with Gasteiger partial charge in [-0.1, -0.05) is 12.1 Å². The number of rotatable bonds is 4. The zero-order valence-electron chi connectivity index (χ0n) is 11.0. The van der Waals surface area contributed by atoms with Crippen molar-refractivity contribution < 1.29 is 0 Å². The molecule has 0 bridgehead atoms. The highest BCUT2D eigenvalue weighted by Gasteiger charge is 2.09. The molecule has 1 aromatic carbocycles. The minimum absolute atomic E-state index is 0.262. The Kier molecular flexibility index (Phi) is 3.62. The molecule has 1 unspecified atom stereocenters. The molecule has 1 heterocycles. The normalized spacial score (nSPS) is 12.9. The topological polar surface area (TPSA) is 67.1 Å². The quantitative estimate of drug-likeness (QED) is 0.856. The molecule has 0 fully saturated rings. The van der Waals surface area contributed by atoms with Crippen LogP contribution in [0.2, 0.25) is 0 Å². The summed E-state index contributed by atoms with van der Waals surface area (Å²) in [5.41, 5.74) is 7.59. The molecule has 2 aromatic rings. The minimum atomic E-state index is 0.262. The van der Waals surface area contributed by atoms with Crippen molar-refractivity contribution >= 4 is 22.7 Å². The first-order valence-electron chi connectivity index (χ1n) is 6.00. The second-order valence-corrected chi connectivity index (χ2v) is 4.75. The summed E-state index contributed by atoms with van der Waals surface area (Å²) in [5, 5.41) is 3.29. The van der Waals surface area contributed by atoms with Gasteiger partial charge in [-0.25, -0.2) is 9.97 Å². The molecule has 5 nitrogen and oxygen atoms in total. The zero-order valence-corrected chi connectivity index (χ0v) is 11.0. The predicted molar refractivity (Wildman–Crippen MR) is 75.6 cm³/mol. The Hall–Kier alpha value is -1.88. The third kappa shape index (κ3) is 2.87. The lowest BCUT2D eigenvalue weighted by Gasteiger charge is -2.19. The molecule has 0 spiro atoms. The zero-order chi connectivity index (χ0) is 13.1. The van der Waals surface area contributed by atoms with E-state index >= 15 is 0 Å². The smallest absolute Gasteiger partial charge is 0.169 e. The van der Waals surface area contributed by atoms with Crippen LogP contribution in [0.5, 0.6) is 0 Å². The van der Waals surface area contributed by atoms with Crippen molar-refractivity contribution in [2.24, 2.45) is 0 Å². The van der Waals surface area contributed by atoms with E-state index in [4.69, 9.17) is 5.73 Å². The van der Waals surface area contributed by atoms with Gasteiger partial charge in [0, 0.05) is 12.6 Å². The van der Waals surface area contributed by atoms with Crippen LogP contribution in [0.15, 0.2) is 24.3 Å². The monoisotopic (exact) mass is 245 g/mol. The molecule has 0 saturated carbocycles. The Balaban J connectivity index is 2.25. The fourth-order valence-electron chi connectivity index (χ4n) is 1.95. The number of anilines is 2. The number of nitrogens with one attached hydrogen (secondary N) is 1. The van der Waals surface area contributed by atoms with Crippen molar-refractivity contribution in [1.29, 1.82) is 0 Å². The number of hydrogen-bond donors (Lipinski definition) is 2.